The fourth-order valence-corrected chi connectivity index (χ4v) is 2.60. The van der Waals surface area contributed by atoms with Crippen molar-refractivity contribution in [3.05, 3.63) is 0 Å². The monoisotopic (exact) mass is 266 g/mol. The van der Waals surface area contributed by atoms with Crippen LogP contribution in [0.1, 0.15) is 12.8 Å². The number of halogens is 3. The van der Waals surface area contributed by atoms with Gasteiger partial charge in [-0.25, -0.2) is 0 Å². The molecule has 6 heteroatoms. The van der Waals surface area contributed by atoms with Crippen molar-refractivity contribution in [2.45, 2.75) is 19.0 Å². The molecular weight excluding hydrogens is 245 g/mol. The topological polar surface area (TPSA) is 15.7 Å². The van der Waals surface area contributed by atoms with E-state index in [1.165, 1.54) is 4.90 Å². The van der Waals surface area contributed by atoms with Gasteiger partial charge in [-0.05, 0) is 25.3 Å². The van der Waals surface area contributed by atoms with Crippen molar-refractivity contribution < 1.29 is 17.9 Å². The smallest absolute Gasteiger partial charge is 0.381 e. The zero-order valence-corrected chi connectivity index (χ0v) is 10.6. The first-order chi connectivity index (χ1) is 8.53. The van der Waals surface area contributed by atoms with E-state index in [9.17, 15) is 13.2 Å². The molecule has 1 atom stereocenters. The Morgan fingerprint density at radius 1 is 1.06 bits per heavy atom. The first kappa shape index (κ1) is 14.1. The summed E-state index contributed by atoms with van der Waals surface area (Å²) in [6.45, 7) is 4.51. The van der Waals surface area contributed by atoms with Crippen molar-refractivity contribution in [1.82, 2.24) is 9.80 Å². The maximum atomic E-state index is 12.2. The molecule has 0 aromatic rings. The second-order valence-corrected chi connectivity index (χ2v) is 5.25. The highest BCUT2D eigenvalue weighted by molar-refractivity contribution is 4.75. The van der Waals surface area contributed by atoms with E-state index in [-0.39, 0.29) is 0 Å². The molecule has 2 rings (SSSR count). The van der Waals surface area contributed by atoms with Crippen LogP contribution >= 0.6 is 0 Å². The Hall–Kier alpha value is -0.330. The Morgan fingerprint density at radius 2 is 1.72 bits per heavy atom. The molecule has 0 aromatic heterocycles. The van der Waals surface area contributed by atoms with Crippen LogP contribution in [0.3, 0.4) is 0 Å². The summed E-state index contributed by atoms with van der Waals surface area (Å²) in [4.78, 5) is 3.76. The van der Waals surface area contributed by atoms with Gasteiger partial charge >= 0.3 is 6.18 Å². The van der Waals surface area contributed by atoms with Gasteiger partial charge in [-0.2, -0.15) is 13.2 Å². The lowest BCUT2D eigenvalue weighted by Gasteiger charge is -2.35. The minimum atomic E-state index is -4.07. The molecule has 18 heavy (non-hydrogen) atoms. The van der Waals surface area contributed by atoms with Crippen molar-refractivity contribution in [2.75, 3.05) is 52.5 Å². The molecule has 0 amide bonds. The predicted octanol–water partition coefficient (Wildman–Crippen LogP) is 1.59. The van der Waals surface area contributed by atoms with Crippen molar-refractivity contribution in [2.24, 2.45) is 5.92 Å². The highest BCUT2D eigenvalue weighted by Crippen LogP contribution is 2.19. The van der Waals surface area contributed by atoms with Gasteiger partial charge in [0.2, 0.25) is 0 Å². The van der Waals surface area contributed by atoms with Crippen LogP contribution in [0.25, 0.3) is 0 Å². The predicted molar refractivity (Wildman–Crippen MR) is 62.5 cm³/mol. The number of nitrogens with zero attached hydrogens (tertiary/aromatic N) is 2. The molecule has 2 aliphatic heterocycles. The van der Waals surface area contributed by atoms with Crippen LogP contribution in [-0.2, 0) is 4.74 Å². The zero-order valence-electron chi connectivity index (χ0n) is 10.6. The molecule has 2 saturated heterocycles. The summed E-state index contributed by atoms with van der Waals surface area (Å²) in [5, 5.41) is 0. The SMILES string of the molecule is FC(F)(F)CN1CCN(CCC2CCOC2)CC1. The largest absolute Gasteiger partial charge is 0.401 e. The van der Waals surface area contributed by atoms with Gasteiger partial charge in [0.1, 0.15) is 0 Å². The number of alkyl halides is 3. The van der Waals surface area contributed by atoms with Crippen LogP contribution in [0, 0.1) is 5.92 Å². The first-order valence-corrected chi connectivity index (χ1v) is 6.62. The maximum Gasteiger partial charge on any atom is 0.401 e. The first-order valence-electron chi connectivity index (χ1n) is 6.62. The molecular formula is C12H21F3N2O. The van der Waals surface area contributed by atoms with E-state index in [1.54, 1.807) is 0 Å². The van der Waals surface area contributed by atoms with Gasteiger partial charge in [-0.3, -0.25) is 4.90 Å². The lowest BCUT2D eigenvalue weighted by atomic mass is 10.0. The van der Waals surface area contributed by atoms with Crippen LogP contribution in [0.4, 0.5) is 13.2 Å². The second-order valence-electron chi connectivity index (χ2n) is 5.25. The van der Waals surface area contributed by atoms with Crippen LogP contribution in [0.5, 0.6) is 0 Å². The Labute approximate surface area is 106 Å². The summed E-state index contributed by atoms with van der Waals surface area (Å²) in [7, 11) is 0. The Bertz CT molecular complexity index is 246. The summed E-state index contributed by atoms with van der Waals surface area (Å²) >= 11 is 0. The Balaban J connectivity index is 1.61. The molecule has 1 unspecified atom stereocenters. The van der Waals surface area contributed by atoms with E-state index in [0.717, 1.165) is 45.7 Å². The van der Waals surface area contributed by atoms with Gasteiger partial charge in [-0.15, -0.1) is 0 Å². The Morgan fingerprint density at radius 3 is 2.28 bits per heavy atom. The zero-order chi connectivity index (χ0) is 13.0. The highest BCUT2D eigenvalue weighted by atomic mass is 19.4. The number of rotatable bonds is 4. The van der Waals surface area contributed by atoms with Crippen molar-refractivity contribution in [1.29, 1.82) is 0 Å². The molecule has 0 spiro atoms. The summed E-state index contributed by atoms with van der Waals surface area (Å²) in [6.07, 6.45) is -1.82. The standard InChI is InChI=1S/C12H21F3N2O/c13-12(14,15)10-17-6-4-16(5-7-17)3-1-11-2-8-18-9-11/h11H,1-10H2. The minimum absolute atomic E-state index is 0.528. The van der Waals surface area contributed by atoms with Crippen LogP contribution in [-0.4, -0.2) is 68.5 Å². The number of hydrogen-bond acceptors (Lipinski definition) is 3. The van der Waals surface area contributed by atoms with E-state index in [0.29, 0.717) is 19.0 Å². The average molecular weight is 266 g/mol. The third-order valence-corrected chi connectivity index (χ3v) is 3.75. The van der Waals surface area contributed by atoms with Crippen LogP contribution in [0.15, 0.2) is 0 Å². The fourth-order valence-electron chi connectivity index (χ4n) is 2.60. The number of hydrogen-bond donors (Lipinski definition) is 0. The molecule has 2 aliphatic rings. The molecule has 106 valence electrons. The quantitative estimate of drug-likeness (QED) is 0.768. The summed E-state index contributed by atoms with van der Waals surface area (Å²) in [6, 6.07) is 0. The van der Waals surface area contributed by atoms with Crippen molar-refractivity contribution in [3.63, 3.8) is 0 Å². The summed E-state index contributed by atoms with van der Waals surface area (Å²) in [5.41, 5.74) is 0. The van der Waals surface area contributed by atoms with E-state index in [2.05, 4.69) is 4.90 Å². The van der Waals surface area contributed by atoms with Gasteiger partial charge in [0, 0.05) is 39.4 Å². The third kappa shape index (κ3) is 4.74. The summed E-state index contributed by atoms with van der Waals surface area (Å²) < 4.78 is 42.0. The van der Waals surface area contributed by atoms with E-state index in [4.69, 9.17) is 4.74 Å². The van der Waals surface area contributed by atoms with Crippen LogP contribution < -0.4 is 0 Å². The maximum absolute atomic E-state index is 12.2. The van der Waals surface area contributed by atoms with Crippen molar-refractivity contribution >= 4 is 0 Å². The van der Waals surface area contributed by atoms with Gasteiger partial charge < -0.3 is 9.64 Å². The van der Waals surface area contributed by atoms with Gasteiger partial charge in [-0.1, -0.05) is 0 Å². The molecule has 0 aliphatic carbocycles. The number of ether oxygens (including phenoxy) is 1. The van der Waals surface area contributed by atoms with E-state index >= 15 is 0 Å². The average Bonchev–Trinajstić information content (AvgIpc) is 2.79. The second kappa shape index (κ2) is 6.21. The van der Waals surface area contributed by atoms with Gasteiger partial charge in [0.15, 0.2) is 0 Å². The lowest BCUT2D eigenvalue weighted by Crippen LogP contribution is -2.49. The normalized spacial score (nSPS) is 27.8. The molecule has 0 saturated carbocycles. The number of piperazine rings is 1. The van der Waals surface area contributed by atoms with Gasteiger partial charge in [0.25, 0.3) is 0 Å². The molecule has 0 N–H and O–H groups in total. The van der Waals surface area contributed by atoms with Gasteiger partial charge in [0.05, 0.1) is 6.54 Å². The van der Waals surface area contributed by atoms with E-state index < -0.39 is 12.7 Å². The van der Waals surface area contributed by atoms with E-state index in [1.807, 2.05) is 0 Å². The third-order valence-electron chi connectivity index (χ3n) is 3.75. The fraction of sp³-hybridized carbons (Fsp3) is 1.00. The molecule has 0 aromatic carbocycles. The molecule has 0 radical (unpaired) electrons. The summed E-state index contributed by atoms with van der Waals surface area (Å²) in [5.74, 6) is 0.651. The highest BCUT2D eigenvalue weighted by Gasteiger charge is 2.32. The Kier molecular flexibility index (Phi) is 4.86. The molecule has 0 bridgehead atoms. The van der Waals surface area contributed by atoms with Crippen molar-refractivity contribution in [3.8, 4) is 0 Å². The molecule has 2 fully saturated rings. The minimum Gasteiger partial charge on any atom is -0.381 e. The molecule has 2 heterocycles. The van der Waals surface area contributed by atoms with Crippen LogP contribution in [0.2, 0.25) is 0 Å². The molecule has 3 nitrogen and oxygen atoms in total. The lowest BCUT2D eigenvalue weighted by molar-refractivity contribution is -0.149.